The lowest BCUT2D eigenvalue weighted by Gasteiger charge is -2.31. The van der Waals surface area contributed by atoms with E-state index in [1.165, 1.54) is 13.8 Å². The van der Waals surface area contributed by atoms with Crippen molar-refractivity contribution in [3.05, 3.63) is 65.8 Å². The third kappa shape index (κ3) is 13.0. The van der Waals surface area contributed by atoms with E-state index in [0.29, 0.717) is 19.1 Å². The molecule has 0 aliphatic rings. The third-order valence-corrected chi connectivity index (χ3v) is 6.76. The second kappa shape index (κ2) is 16.1. The Hall–Kier alpha value is -3.07. The Labute approximate surface area is 231 Å². The number of aryl methyl sites for hydroxylation is 1. The van der Waals surface area contributed by atoms with Crippen molar-refractivity contribution in [3.8, 4) is 5.75 Å². The summed E-state index contributed by atoms with van der Waals surface area (Å²) in [6.45, 7) is 8.07. The number of aromatic hydroxyl groups is 1. The van der Waals surface area contributed by atoms with E-state index in [4.69, 9.17) is 4.74 Å². The SMILES string of the molecule is CC(=O)O[C@H](/C=C/[C@H](C)[C@H](C=O)/C(C)=C/C=C/C(C)(O)CCc1ccc(O)cc1)[C@](C)(O)CC[C@@H](O)CC=O. The van der Waals surface area contributed by atoms with Gasteiger partial charge in [-0.3, -0.25) is 4.79 Å². The molecule has 0 heterocycles. The molecule has 0 bridgehead atoms. The number of carbonyl (C=O) groups is 3. The Bertz CT molecular complexity index is 1000. The Morgan fingerprint density at radius 1 is 1.05 bits per heavy atom. The first-order valence-corrected chi connectivity index (χ1v) is 13.2. The van der Waals surface area contributed by atoms with E-state index >= 15 is 0 Å². The summed E-state index contributed by atoms with van der Waals surface area (Å²) >= 11 is 0. The minimum atomic E-state index is -1.50. The average molecular weight is 545 g/mol. The molecular formula is C31H44O8. The number of aliphatic hydroxyl groups excluding tert-OH is 1. The number of hydrogen-bond acceptors (Lipinski definition) is 8. The van der Waals surface area contributed by atoms with Gasteiger partial charge in [-0.1, -0.05) is 48.9 Å². The minimum absolute atomic E-state index is 0.0455. The first-order valence-electron chi connectivity index (χ1n) is 13.2. The molecule has 216 valence electrons. The van der Waals surface area contributed by atoms with Gasteiger partial charge in [0.2, 0.25) is 0 Å². The first kappa shape index (κ1) is 34.0. The van der Waals surface area contributed by atoms with E-state index in [-0.39, 0.29) is 30.9 Å². The zero-order valence-electron chi connectivity index (χ0n) is 23.6. The van der Waals surface area contributed by atoms with Gasteiger partial charge in [0.1, 0.15) is 30.0 Å². The van der Waals surface area contributed by atoms with Crippen LogP contribution in [0.5, 0.6) is 5.75 Å². The average Bonchev–Trinajstić information content (AvgIpc) is 2.85. The van der Waals surface area contributed by atoms with Gasteiger partial charge < -0.3 is 34.8 Å². The van der Waals surface area contributed by atoms with Gasteiger partial charge in [0.15, 0.2) is 0 Å². The van der Waals surface area contributed by atoms with Crippen LogP contribution < -0.4 is 0 Å². The highest BCUT2D eigenvalue weighted by Crippen LogP contribution is 2.26. The predicted octanol–water partition coefficient (Wildman–Crippen LogP) is 4.00. The second-order valence-electron chi connectivity index (χ2n) is 10.7. The molecule has 8 nitrogen and oxygen atoms in total. The predicted molar refractivity (Wildman–Crippen MR) is 150 cm³/mol. The number of carbonyl (C=O) groups excluding carboxylic acids is 3. The first-order chi connectivity index (χ1) is 18.2. The van der Waals surface area contributed by atoms with Gasteiger partial charge in [-0.2, -0.15) is 0 Å². The van der Waals surface area contributed by atoms with Crippen molar-refractivity contribution in [1.82, 2.24) is 0 Å². The lowest BCUT2D eigenvalue weighted by Crippen LogP contribution is -2.41. The van der Waals surface area contributed by atoms with Crippen molar-refractivity contribution in [1.29, 1.82) is 0 Å². The fraction of sp³-hybridized carbons (Fsp3) is 0.516. The smallest absolute Gasteiger partial charge is 0.303 e. The molecule has 0 aliphatic carbocycles. The Kier molecular flexibility index (Phi) is 14.0. The number of aldehydes is 2. The number of esters is 1. The van der Waals surface area contributed by atoms with Gasteiger partial charge in [0.25, 0.3) is 0 Å². The summed E-state index contributed by atoms with van der Waals surface area (Å²) in [5.41, 5.74) is -0.806. The molecule has 1 aromatic carbocycles. The Balaban J connectivity index is 2.89. The van der Waals surface area contributed by atoms with Crippen molar-refractivity contribution >= 4 is 18.5 Å². The number of benzene rings is 1. The molecule has 39 heavy (non-hydrogen) atoms. The van der Waals surface area contributed by atoms with Crippen LogP contribution in [0.25, 0.3) is 0 Å². The van der Waals surface area contributed by atoms with E-state index < -0.39 is 35.3 Å². The summed E-state index contributed by atoms with van der Waals surface area (Å²) in [5, 5.41) is 40.9. The van der Waals surface area contributed by atoms with Crippen LogP contribution in [0.15, 0.2) is 60.2 Å². The quantitative estimate of drug-likeness (QED) is 0.0998. The van der Waals surface area contributed by atoms with Gasteiger partial charge in [-0.15, -0.1) is 0 Å². The zero-order chi connectivity index (χ0) is 29.6. The lowest BCUT2D eigenvalue weighted by atomic mass is 9.86. The Morgan fingerprint density at radius 2 is 1.69 bits per heavy atom. The van der Waals surface area contributed by atoms with Gasteiger partial charge in [-0.25, -0.2) is 0 Å². The van der Waals surface area contributed by atoms with Crippen molar-refractivity contribution in [2.45, 2.75) is 90.1 Å². The number of allylic oxidation sites excluding steroid dienone is 4. The molecule has 0 radical (unpaired) electrons. The molecule has 0 fully saturated rings. The maximum Gasteiger partial charge on any atom is 0.303 e. The molecule has 0 aromatic heterocycles. The van der Waals surface area contributed by atoms with Gasteiger partial charge in [0, 0.05) is 19.3 Å². The van der Waals surface area contributed by atoms with Crippen molar-refractivity contribution < 1.29 is 39.5 Å². The second-order valence-corrected chi connectivity index (χ2v) is 10.7. The number of ether oxygens (including phenoxy) is 1. The summed E-state index contributed by atoms with van der Waals surface area (Å²) in [4.78, 5) is 34.2. The van der Waals surface area contributed by atoms with Crippen LogP contribution in [0.1, 0.15) is 65.9 Å². The molecule has 0 saturated heterocycles. The Morgan fingerprint density at radius 3 is 2.26 bits per heavy atom. The summed E-state index contributed by atoms with van der Waals surface area (Å²) in [7, 11) is 0. The summed E-state index contributed by atoms with van der Waals surface area (Å²) in [6, 6.07) is 6.84. The largest absolute Gasteiger partial charge is 0.508 e. The molecule has 1 unspecified atom stereocenters. The summed E-state index contributed by atoms with van der Waals surface area (Å²) in [6.07, 6.45) is 9.23. The summed E-state index contributed by atoms with van der Waals surface area (Å²) < 4.78 is 5.31. The highest BCUT2D eigenvalue weighted by molar-refractivity contribution is 5.66. The zero-order valence-corrected chi connectivity index (χ0v) is 23.6. The minimum Gasteiger partial charge on any atom is -0.508 e. The van der Waals surface area contributed by atoms with E-state index in [9.17, 15) is 34.8 Å². The van der Waals surface area contributed by atoms with Crippen molar-refractivity contribution in [2.75, 3.05) is 0 Å². The summed E-state index contributed by atoms with van der Waals surface area (Å²) in [5.74, 6) is -1.18. The fourth-order valence-corrected chi connectivity index (χ4v) is 4.09. The van der Waals surface area contributed by atoms with Crippen LogP contribution in [0.4, 0.5) is 0 Å². The molecule has 0 saturated carbocycles. The van der Waals surface area contributed by atoms with Crippen LogP contribution in [0, 0.1) is 11.8 Å². The molecular weight excluding hydrogens is 500 g/mol. The van der Waals surface area contributed by atoms with Crippen molar-refractivity contribution in [2.24, 2.45) is 11.8 Å². The number of phenolic OH excluding ortho intramolecular Hbond substituents is 1. The van der Waals surface area contributed by atoms with Gasteiger partial charge in [0.05, 0.1) is 11.7 Å². The van der Waals surface area contributed by atoms with E-state index in [2.05, 4.69) is 0 Å². The molecule has 1 aromatic rings. The monoisotopic (exact) mass is 544 g/mol. The fourth-order valence-electron chi connectivity index (χ4n) is 4.09. The molecule has 8 heteroatoms. The number of rotatable bonds is 17. The molecule has 0 spiro atoms. The number of aliphatic hydroxyl groups is 3. The number of hydrogen-bond donors (Lipinski definition) is 4. The third-order valence-electron chi connectivity index (χ3n) is 6.76. The van der Waals surface area contributed by atoms with Gasteiger partial charge >= 0.3 is 5.97 Å². The molecule has 0 amide bonds. The maximum absolute atomic E-state index is 11.9. The van der Waals surface area contributed by atoms with E-state index in [1.54, 1.807) is 49.4 Å². The van der Waals surface area contributed by atoms with Crippen LogP contribution in [-0.2, 0) is 25.5 Å². The van der Waals surface area contributed by atoms with Crippen LogP contribution >= 0.6 is 0 Å². The normalized spacial score (nSPS) is 18.6. The molecule has 4 N–H and O–H groups in total. The topological polar surface area (TPSA) is 141 Å². The highest BCUT2D eigenvalue weighted by Gasteiger charge is 2.33. The highest BCUT2D eigenvalue weighted by atomic mass is 16.6. The molecule has 6 atom stereocenters. The van der Waals surface area contributed by atoms with Crippen LogP contribution in [0.2, 0.25) is 0 Å². The standard InChI is InChI=1S/C31H44O8/c1-22(7-6-17-30(4,37)18-14-25-9-11-26(35)12-10-25)28(21-33)23(2)8-13-29(39-24(3)34)31(5,38)19-15-27(36)16-20-32/h6-13,17,20-21,23,27-29,35-38H,14-16,18-19H2,1-5H3/b13-8+,17-6+,22-7+/t23-,27+,28+,29+,30?,31+/m0/s1. The van der Waals surface area contributed by atoms with E-state index in [0.717, 1.165) is 17.4 Å². The van der Waals surface area contributed by atoms with E-state index in [1.807, 2.05) is 26.0 Å². The van der Waals surface area contributed by atoms with Gasteiger partial charge in [-0.05, 0) is 76.1 Å². The lowest BCUT2D eigenvalue weighted by molar-refractivity contribution is -0.156. The molecule has 0 aliphatic heterocycles. The van der Waals surface area contributed by atoms with Crippen molar-refractivity contribution in [3.63, 3.8) is 0 Å². The maximum atomic E-state index is 11.9. The molecule has 1 rings (SSSR count). The van der Waals surface area contributed by atoms with Crippen LogP contribution in [0.3, 0.4) is 0 Å². The number of phenols is 1. The van der Waals surface area contributed by atoms with Crippen LogP contribution in [-0.4, -0.2) is 62.4 Å².